The zero-order valence-corrected chi connectivity index (χ0v) is 20.1. The molecule has 2 heterocycles. The number of aromatic nitrogens is 1. The van der Waals surface area contributed by atoms with Gasteiger partial charge in [-0.1, -0.05) is 19.3 Å². The van der Waals surface area contributed by atoms with Gasteiger partial charge in [0.2, 0.25) is 5.91 Å². The summed E-state index contributed by atoms with van der Waals surface area (Å²) in [6, 6.07) is 6.30. The van der Waals surface area contributed by atoms with Gasteiger partial charge in [0.05, 0.1) is 19.4 Å². The predicted octanol–water partition coefficient (Wildman–Crippen LogP) is 4.88. The molecule has 1 N–H and O–H groups in total. The molecule has 2 aliphatic rings. The van der Waals surface area contributed by atoms with E-state index in [0.717, 1.165) is 73.1 Å². The number of hydrogen-bond acceptors (Lipinski definition) is 6. The minimum atomic E-state index is 0.247. The second-order valence-electron chi connectivity index (χ2n) is 8.84. The largest absolute Gasteiger partial charge is 0.493 e. The van der Waals surface area contributed by atoms with Gasteiger partial charge < -0.3 is 14.8 Å². The first kappa shape index (κ1) is 23.1. The van der Waals surface area contributed by atoms with Crippen molar-refractivity contribution in [2.45, 2.75) is 64.5 Å². The van der Waals surface area contributed by atoms with Gasteiger partial charge >= 0.3 is 0 Å². The Balaban J connectivity index is 1.28. The zero-order valence-electron chi connectivity index (χ0n) is 19.3. The number of benzene rings is 1. The smallest absolute Gasteiger partial charge is 0.223 e. The van der Waals surface area contributed by atoms with Crippen molar-refractivity contribution >= 4 is 17.2 Å². The molecule has 2 fully saturated rings. The van der Waals surface area contributed by atoms with Crippen molar-refractivity contribution in [2.75, 3.05) is 26.8 Å². The third kappa shape index (κ3) is 5.81. The van der Waals surface area contributed by atoms with Crippen molar-refractivity contribution < 1.29 is 14.3 Å². The Morgan fingerprint density at radius 3 is 2.66 bits per heavy atom. The summed E-state index contributed by atoms with van der Waals surface area (Å²) in [5, 5.41) is 6.47. The number of likely N-dealkylation sites (tertiary alicyclic amines) is 1. The SMILES string of the molecule is CCOc1ccc(-c2nc(CN3CCC(NC(=O)C4CCCCC4)CC3)cs2)cc1OC. The minimum absolute atomic E-state index is 0.247. The molecular weight excluding hydrogens is 422 g/mol. The maximum atomic E-state index is 12.5. The molecule has 1 aliphatic heterocycles. The van der Waals surface area contributed by atoms with Crippen LogP contribution in [0.25, 0.3) is 10.6 Å². The molecule has 1 saturated carbocycles. The van der Waals surface area contributed by atoms with Crippen molar-refractivity contribution in [1.82, 2.24) is 15.2 Å². The van der Waals surface area contributed by atoms with Crippen molar-refractivity contribution in [1.29, 1.82) is 0 Å². The number of nitrogens with zero attached hydrogens (tertiary/aromatic N) is 2. The van der Waals surface area contributed by atoms with Gasteiger partial charge in [0, 0.05) is 42.5 Å². The van der Waals surface area contributed by atoms with E-state index in [2.05, 4.69) is 15.6 Å². The van der Waals surface area contributed by atoms with Gasteiger partial charge in [-0.05, 0) is 50.8 Å². The number of ether oxygens (including phenoxy) is 2. The first-order chi connectivity index (χ1) is 15.7. The molecular formula is C25H35N3O3S. The van der Waals surface area contributed by atoms with E-state index in [0.29, 0.717) is 12.6 Å². The first-order valence-electron chi connectivity index (χ1n) is 11.9. The van der Waals surface area contributed by atoms with Crippen LogP contribution in [0.2, 0.25) is 0 Å². The van der Waals surface area contributed by atoms with E-state index >= 15 is 0 Å². The highest BCUT2D eigenvalue weighted by Crippen LogP contribution is 2.34. The molecule has 0 unspecified atom stereocenters. The molecule has 0 bridgehead atoms. The van der Waals surface area contributed by atoms with Crippen LogP contribution >= 0.6 is 11.3 Å². The molecule has 174 valence electrons. The quantitative estimate of drug-likeness (QED) is 0.612. The standard InChI is InChI=1S/C25H35N3O3S/c1-3-31-22-10-9-19(15-23(22)30-2)25-27-21(17-32-25)16-28-13-11-20(12-14-28)26-24(29)18-7-5-4-6-8-18/h9-10,15,17-18,20H,3-8,11-14,16H2,1-2H3,(H,26,29). The van der Waals surface area contributed by atoms with Crippen LogP contribution in [-0.2, 0) is 11.3 Å². The number of thiazole rings is 1. The fourth-order valence-electron chi connectivity index (χ4n) is 4.74. The van der Waals surface area contributed by atoms with Crippen LogP contribution in [-0.4, -0.2) is 48.6 Å². The number of amides is 1. The lowest BCUT2D eigenvalue weighted by atomic mass is 9.88. The van der Waals surface area contributed by atoms with Crippen molar-refractivity contribution in [2.24, 2.45) is 5.92 Å². The van der Waals surface area contributed by atoms with Crippen LogP contribution in [0.3, 0.4) is 0 Å². The molecule has 32 heavy (non-hydrogen) atoms. The molecule has 6 nitrogen and oxygen atoms in total. The third-order valence-corrected chi connectivity index (χ3v) is 7.50. The Morgan fingerprint density at radius 1 is 1.16 bits per heavy atom. The van der Waals surface area contributed by atoms with Gasteiger partial charge in [-0.25, -0.2) is 4.98 Å². The fraction of sp³-hybridized carbons (Fsp3) is 0.600. The van der Waals surface area contributed by atoms with Gasteiger partial charge in [-0.2, -0.15) is 0 Å². The molecule has 2 aromatic rings. The van der Waals surface area contributed by atoms with Crippen LogP contribution in [0.1, 0.15) is 57.6 Å². The highest BCUT2D eigenvalue weighted by molar-refractivity contribution is 7.13. The number of hydrogen-bond donors (Lipinski definition) is 1. The number of carbonyl (C=O) groups excluding carboxylic acids is 1. The van der Waals surface area contributed by atoms with Crippen molar-refractivity contribution in [3.05, 3.63) is 29.3 Å². The average molecular weight is 458 g/mol. The number of carbonyl (C=O) groups is 1. The summed E-state index contributed by atoms with van der Waals surface area (Å²) in [7, 11) is 1.66. The molecule has 4 rings (SSSR count). The van der Waals surface area contributed by atoms with Gasteiger partial charge in [-0.3, -0.25) is 9.69 Å². The summed E-state index contributed by atoms with van der Waals surface area (Å²) in [6.07, 6.45) is 7.86. The highest BCUT2D eigenvalue weighted by Gasteiger charge is 2.26. The van der Waals surface area contributed by atoms with Crippen molar-refractivity contribution in [3.63, 3.8) is 0 Å². The van der Waals surface area contributed by atoms with Crippen molar-refractivity contribution in [3.8, 4) is 22.1 Å². The molecule has 7 heteroatoms. The number of rotatable bonds is 8. The van der Waals surface area contributed by atoms with Gasteiger partial charge in [0.15, 0.2) is 11.5 Å². The van der Waals surface area contributed by atoms with Crippen LogP contribution in [0.4, 0.5) is 0 Å². The van der Waals surface area contributed by atoms with E-state index in [-0.39, 0.29) is 11.8 Å². The Kier molecular flexibility index (Phi) is 8.03. The summed E-state index contributed by atoms with van der Waals surface area (Å²) in [6.45, 7) is 5.43. The van der Waals surface area contributed by atoms with Gasteiger partial charge in [0.1, 0.15) is 5.01 Å². The number of piperidine rings is 1. The Morgan fingerprint density at radius 2 is 1.94 bits per heavy atom. The molecule has 1 aromatic heterocycles. The number of methoxy groups -OCH3 is 1. The Bertz CT molecular complexity index is 886. The normalized spacial score (nSPS) is 18.4. The van der Waals surface area contributed by atoms with E-state index in [4.69, 9.17) is 14.5 Å². The van der Waals surface area contributed by atoms with E-state index in [1.165, 1.54) is 19.3 Å². The average Bonchev–Trinajstić information content (AvgIpc) is 3.30. The molecule has 1 amide bonds. The van der Waals surface area contributed by atoms with E-state index in [1.807, 2.05) is 25.1 Å². The Labute approximate surface area is 195 Å². The molecule has 0 radical (unpaired) electrons. The summed E-state index contributed by atoms with van der Waals surface area (Å²) in [5.74, 6) is 2.03. The number of nitrogens with one attached hydrogen (secondary N) is 1. The van der Waals surface area contributed by atoms with E-state index in [9.17, 15) is 4.79 Å². The molecule has 1 saturated heterocycles. The second-order valence-corrected chi connectivity index (χ2v) is 9.69. The van der Waals surface area contributed by atoms with E-state index in [1.54, 1.807) is 18.4 Å². The summed E-state index contributed by atoms with van der Waals surface area (Å²) in [4.78, 5) is 19.8. The molecule has 0 atom stereocenters. The Hall–Kier alpha value is -2.12. The predicted molar refractivity (Wildman–Crippen MR) is 128 cm³/mol. The van der Waals surface area contributed by atoms with E-state index < -0.39 is 0 Å². The van der Waals surface area contributed by atoms with Crippen LogP contribution in [0.15, 0.2) is 23.6 Å². The molecule has 1 aromatic carbocycles. The highest BCUT2D eigenvalue weighted by atomic mass is 32.1. The maximum Gasteiger partial charge on any atom is 0.223 e. The minimum Gasteiger partial charge on any atom is -0.493 e. The second kappa shape index (κ2) is 11.1. The lowest BCUT2D eigenvalue weighted by Crippen LogP contribution is -2.46. The zero-order chi connectivity index (χ0) is 22.3. The lowest BCUT2D eigenvalue weighted by Gasteiger charge is -2.33. The fourth-order valence-corrected chi connectivity index (χ4v) is 5.54. The van der Waals surface area contributed by atoms with Crippen LogP contribution in [0.5, 0.6) is 11.5 Å². The van der Waals surface area contributed by atoms with Crippen LogP contribution in [0, 0.1) is 5.92 Å². The lowest BCUT2D eigenvalue weighted by molar-refractivity contribution is -0.127. The third-order valence-electron chi connectivity index (χ3n) is 6.56. The van der Waals surface area contributed by atoms with Crippen LogP contribution < -0.4 is 14.8 Å². The first-order valence-corrected chi connectivity index (χ1v) is 12.8. The maximum absolute atomic E-state index is 12.5. The van der Waals surface area contributed by atoms with Gasteiger partial charge in [-0.15, -0.1) is 11.3 Å². The summed E-state index contributed by atoms with van der Waals surface area (Å²) in [5.41, 5.74) is 2.15. The monoisotopic (exact) mass is 457 g/mol. The topological polar surface area (TPSA) is 63.7 Å². The van der Waals surface area contributed by atoms with Gasteiger partial charge in [0.25, 0.3) is 0 Å². The summed E-state index contributed by atoms with van der Waals surface area (Å²) < 4.78 is 11.1. The summed E-state index contributed by atoms with van der Waals surface area (Å²) >= 11 is 1.66. The molecule has 0 spiro atoms. The molecule has 1 aliphatic carbocycles.